The quantitative estimate of drug-likeness (QED) is 0.401. The van der Waals surface area contributed by atoms with Crippen molar-refractivity contribution in [1.82, 2.24) is 29.3 Å². The number of piperazine rings is 1. The number of aromatic nitrogens is 4. The van der Waals surface area contributed by atoms with Crippen molar-refractivity contribution in [3.8, 4) is 0 Å². The van der Waals surface area contributed by atoms with Crippen LogP contribution in [0.5, 0.6) is 0 Å². The van der Waals surface area contributed by atoms with Gasteiger partial charge >= 0.3 is 0 Å². The average molecular weight is 600 g/mol. The van der Waals surface area contributed by atoms with Gasteiger partial charge in [0.2, 0.25) is 11.9 Å². The standard InChI is InChI=1S/C31H40F3N7O2/c1-39-10-12-40(13-11-39)30(43)21-6-8-23(9-7-21)41-29-26(36-31(41)38-28-24(33)15-22(32)16-25(28)34)17-35-27(37-29)14-19-2-4-20(18-42)5-3-19/h15-17,19-21,23,42H,2-14,18H2,1H3,(H,36,38). The number of nitrogens with one attached hydrogen (secondary N) is 1. The van der Waals surface area contributed by atoms with Crippen molar-refractivity contribution in [1.29, 1.82) is 0 Å². The minimum atomic E-state index is -1.05. The Morgan fingerprint density at radius 1 is 0.930 bits per heavy atom. The van der Waals surface area contributed by atoms with E-state index in [4.69, 9.17) is 4.98 Å². The van der Waals surface area contributed by atoms with Crippen molar-refractivity contribution in [2.24, 2.45) is 17.8 Å². The molecule has 3 fully saturated rings. The molecule has 1 aliphatic heterocycles. The van der Waals surface area contributed by atoms with Gasteiger partial charge in [-0.15, -0.1) is 0 Å². The fraction of sp³-hybridized carbons (Fsp3) is 0.613. The second-order valence-corrected chi connectivity index (χ2v) is 12.6. The van der Waals surface area contributed by atoms with Gasteiger partial charge in [-0.1, -0.05) is 0 Å². The van der Waals surface area contributed by atoms with Crippen molar-refractivity contribution in [2.45, 2.75) is 63.8 Å². The molecular formula is C31H40F3N7O2. The molecule has 0 spiro atoms. The first kappa shape index (κ1) is 29.8. The number of rotatable bonds is 7. The van der Waals surface area contributed by atoms with Crippen LogP contribution in [0.2, 0.25) is 0 Å². The molecule has 0 bridgehead atoms. The van der Waals surface area contributed by atoms with E-state index in [-0.39, 0.29) is 30.4 Å². The molecule has 232 valence electrons. The fourth-order valence-corrected chi connectivity index (χ4v) is 6.97. The molecule has 0 atom stereocenters. The molecule has 43 heavy (non-hydrogen) atoms. The van der Waals surface area contributed by atoms with Crippen LogP contribution in [0.3, 0.4) is 0 Å². The number of hydrogen-bond donors (Lipinski definition) is 2. The Labute approximate surface area is 249 Å². The number of anilines is 2. The Bertz CT molecular complexity index is 1420. The highest BCUT2D eigenvalue weighted by Crippen LogP contribution is 2.38. The summed E-state index contributed by atoms with van der Waals surface area (Å²) in [5, 5.41) is 12.3. The van der Waals surface area contributed by atoms with Crippen molar-refractivity contribution in [3.63, 3.8) is 0 Å². The van der Waals surface area contributed by atoms with Gasteiger partial charge in [0, 0.05) is 63.3 Å². The van der Waals surface area contributed by atoms with Crippen LogP contribution >= 0.6 is 0 Å². The Morgan fingerprint density at radius 2 is 1.58 bits per heavy atom. The van der Waals surface area contributed by atoms with E-state index in [9.17, 15) is 23.1 Å². The zero-order valence-electron chi connectivity index (χ0n) is 24.6. The lowest BCUT2D eigenvalue weighted by Gasteiger charge is -2.37. The first-order valence-electron chi connectivity index (χ1n) is 15.5. The monoisotopic (exact) mass is 599 g/mol. The Morgan fingerprint density at radius 3 is 2.23 bits per heavy atom. The number of carbonyl (C=O) groups is 1. The van der Waals surface area contributed by atoms with E-state index in [1.54, 1.807) is 6.20 Å². The summed E-state index contributed by atoms with van der Waals surface area (Å²) in [5.41, 5.74) is 0.591. The number of halogens is 3. The molecule has 2 aliphatic carbocycles. The largest absolute Gasteiger partial charge is 0.396 e. The van der Waals surface area contributed by atoms with Gasteiger partial charge in [-0.05, 0) is 70.3 Å². The number of aliphatic hydroxyl groups is 1. The number of hydrogen-bond acceptors (Lipinski definition) is 7. The number of benzene rings is 1. The van der Waals surface area contributed by atoms with E-state index < -0.39 is 23.1 Å². The summed E-state index contributed by atoms with van der Waals surface area (Å²) in [7, 11) is 2.06. The number of nitrogens with zero attached hydrogens (tertiary/aromatic N) is 6. The number of imidazole rings is 1. The highest BCUT2D eigenvalue weighted by atomic mass is 19.1. The third-order valence-corrected chi connectivity index (χ3v) is 9.65. The minimum absolute atomic E-state index is 0.0583. The normalized spacial score (nSPS) is 25.3. The topological polar surface area (TPSA) is 99.4 Å². The smallest absolute Gasteiger partial charge is 0.225 e. The van der Waals surface area contributed by atoms with Crippen LogP contribution in [-0.2, 0) is 11.2 Å². The zero-order chi connectivity index (χ0) is 30.1. The molecular weight excluding hydrogens is 559 g/mol. The SMILES string of the molecule is CN1CCN(C(=O)C2CCC(n3c(Nc4c(F)cc(F)cc4F)nc4cnc(CC5CCC(CO)CC5)nc43)CC2)CC1. The molecule has 12 heteroatoms. The summed E-state index contributed by atoms with van der Waals surface area (Å²) >= 11 is 0. The van der Waals surface area contributed by atoms with Crippen molar-refractivity contribution in [2.75, 3.05) is 45.2 Å². The molecule has 3 aromatic rings. The predicted octanol–water partition coefficient (Wildman–Crippen LogP) is 4.83. The Hall–Kier alpha value is -3.25. The molecule has 3 aliphatic rings. The van der Waals surface area contributed by atoms with Gasteiger partial charge in [-0.3, -0.25) is 9.36 Å². The number of carbonyl (C=O) groups excluding carboxylic acids is 1. The van der Waals surface area contributed by atoms with Crippen LogP contribution in [0.25, 0.3) is 11.2 Å². The molecule has 0 radical (unpaired) electrons. The van der Waals surface area contributed by atoms with Crippen LogP contribution in [0.15, 0.2) is 18.3 Å². The predicted molar refractivity (Wildman–Crippen MR) is 156 cm³/mol. The van der Waals surface area contributed by atoms with E-state index >= 15 is 0 Å². The molecule has 1 aromatic carbocycles. The highest BCUT2D eigenvalue weighted by Gasteiger charge is 2.33. The Kier molecular flexibility index (Phi) is 8.85. The summed E-state index contributed by atoms with van der Waals surface area (Å²) in [6.07, 6.45) is 9.10. The molecule has 3 heterocycles. The van der Waals surface area contributed by atoms with Gasteiger partial charge in [0.1, 0.15) is 22.8 Å². The van der Waals surface area contributed by atoms with Gasteiger partial charge < -0.3 is 20.2 Å². The van der Waals surface area contributed by atoms with Crippen LogP contribution in [-0.4, -0.2) is 80.2 Å². The number of fused-ring (bicyclic) bond motifs is 1. The van der Waals surface area contributed by atoms with E-state index in [0.717, 1.165) is 51.9 Å². The molecule has 2 N–H and O–H groups in total. The second kappa shape index (κ2) is 12.8. The number of likely N-dealkylation sites (N-methyl/N-ethyl adjacent to an activating group) is 1. The third-order valence-electron chi connectivity index (χ3n) is 9.65. The van der Waals surface area contributed by atoms with Crippen molar-refractivity contribution in [3.05, 3.63) is 41.6 Å². The lowest BCUT2D eigenvalue weighted by atomic mass is 9.81. The van der Waals surface area contributed by atoms with E-state index in [1.807, 2.05) is 9.47 Å². The maximum absolute atomic E-state index is 14.7. The van der Waals surface area contributed by atoms with Crippen LogP contribution in [0.1, 0.15) is 63.2 Å². The van der Waals surface area contributed by atoms with Gasteiger partial charge in [-0.25, -0.2) is 28.1 Å². The summed E-state index contributed by atoms with van der Waals surface area (Å²) in [5.74, 6) is -1.28. The molecule has 2 saturated carbocycles. The first-order chi connectivity index (χ1) is 20.8. The lowest BCUT2D eigenvalue weighted by Crippen LogP contribution is -2.49. The minimum Gasteiger partial charge on any atom is -0.396 e. The highest BCUT2D eigenvalue weighted by molar-refractivity contribution is 5.79. The molecule has 6 rings (SSSR count). The van der Waals surface area contributed by atoms with Crippen molar-refractivity contribution < 1.29 is 23.1 Å². The zero-order valence-corrected chi connectivity index (χ0v) is 24.6. The van der Waals surface area contributed by atoms with Gasteiger partial charge in [-0.2, -0.15) is 0 Å². The third kappa shape index (κ3) is 6.50. The van der Waals surface area contributed by atoms with Gasteiger partial charge in [0.15, 0.2) is 17.3 Å². The molecule has 9 nitrogen and oxygen atoms in total. The van der Waals surface area contributed by atoms with Crippen LogP contribution in [0, 0.1) is 35.2 Å². The van der Waals surface area contributed by atoms with Gasteiger partial charge in [0.25, 0.3) is 0 Å². The average Bonchev–Trinajstić information content (AvgIpc) is 3.36. The summed E-state index contributed by atoms with van der Waals surface area (Å²) in [6, 6.07) is 1.17. The van der Waals surface area contributed by atoms with E-state index in [0.29, 0.717) is 73.1 Å². The fourth-order valence-electron chi connectivity index (χ4n) is 6.97. The Balaban J connectivity index is 1.26. The summed E-state index contributed by atoms with van der Waals surface area (Å²) in [4.78, 5) is 31.6. The first-order valence-corrected chi connectivity index (χ1v) is 15.5. The number of aliphatic hydroxyl groups excluding tert-OH is 1. The lowest BCUT2D eigenvalue weighted by molar-refractivity contribution is -0.138. The molecule has 0 unspecified atom stereocenters. The second-order valence-electron chi connectivity index (χ2n) is 12.6. The maximum atomic E-state index is 14.7. The van der Waals surface area contributed by atoms with Crippen molar-refractivity contribution >= 4 is 28.7 Å². The van der Waals surface area contributed by atoms with Crippen LogP contribution < -0.4 is 5.32 Å². The van der Waals surface area contributed by atoms with Crippen LogP contribution in [0.4, 0.5) is 24.8 Å². The number of amides is 1. The van der Waals surface area contributed by atoms with Gasteiger partial charge in [0.05, 0.1) is 6.20 Å². The summed E-state index contributed by atoms with van der Waals surface area (Å²) in [6.45, 7) is 3.46. The molecule has 2 aromatic heterocycles. The van der Waals surface area contributed by atoms with E-state index in [2.05, 4.69) is 27.2 Å². The molecule has 1 amide bonds. The molecule has 1 saturated heterocycles. The maximum Gasteiger partial charge on any atom is 0.225 e. The van der Waals surface area contributed by atoms with E-state index in [1.165, 1.54) is 0 Å². The summed E-state index contributed by atoms with van der Waals surface area (Å²) < 4.78 is 44.9.